The van der Waals surface area contributed by atoms with Crippen LogP contribution in [0, 0.1) is 0 Å². The molecule has 0 aliphatic carbocycles. The van der Waals surface area contributed by atoms with Gasteiger partial charge >= 0.3 is 6.09 Å². The molecule has 0 spiro atoms. The Bertz CT molecular complexity index is 622. The zero-order chi connectivity index (χ0) is 14.5. The molecule has 1 heterocycles. The Balaban J connectivity index is 2.07. The molecule has 1 amide bonds. The average Bonchev–Trinajstić information content (AvgIpc) is 2.77. The van der Waals surface area contributed by atoms with Crippen molar-refractivity contribution in [3.05, 3.63) is 42.1 Å². The minimum absolute atomic E-state index is 0.0815. The van der Waals surface area contributed by atoms with Crippen molar-refractivity contribution in [3.8, 4) is 5.88 Å². The van der Waals surface area contributed by atoms with Gasteiger partial charge in [-0.1, -0.05) is 30.3 Å². The lowest BCUT2D eigenvalue weighted by molar-refractivity contribution is -0.114. The molecule has 0 saturated heterocycles. The summed E-state index contributed by atoms with van der Waals surface area (Å²) >= 11 is 0. The van der Waals surface area contributed by atoms with E-state index in [2.05, 4.69) is 10.3 Å². The van der Waals surface area contributed by atoms with E-state index in [0.717, 1.165) is 16.3 Å². The highest BCUT2D eigenvalue weighted by molar-refractivity contribution is 5.89. The number of nitrogens with one attached hydrogen (secondary N) is 1. The van der Waals surface area contributed by atoms with Gasteiger partial charge in [-0.15, -0.1) is 0 Å². The number of aromatic nitrogens is 2. The first kappa shape index (κ1) is 13.6. The van der Waals surface area contributed by atoms with Crippen LogP contribution in [0.3, 0.4) is 0 Å². The van der Waals surface area contributed by atoms with Gasteiger partial charge in [0.25, 0.3) is 0 Å². The SMILES string of the molecule is CC(=O)Nc1nc(O)cn1C(=O)OCc1ccccc1. The normalized spacial score (nSPS) is 10.1. The molecule has 0 atom stereocenters. The number of imidazole rings is 1. The summed E-state index contributed by atoms with van der Waals surface area (Å²) in [4.78, 5) is 26.5. The van der Waals surface area contributed by atoms with Crippen molar-refractivity contribution in [2.45, 2.75) is 13.5 Å². The van der Waals surface area contributed by atoms with Crippen LogP contribution in [0.5, 0.6) is 5.88 Å². The second kappa shape index (κ2) is 5.87. The summed E-state index contributed by atoms with van der Waals surface area (Å²) in [6.45, 7) is 1.35. The molecule has 2 N–H and O–H groups in total. The molecule has 0 unspecified atom stereocenters. The van der Waals surface area contributed by atoms with Crippen LogP contribution >= 0.6 is 0 Å². The van der Waals surface area contributed by atoms with Gasteiger partial charge in [0.05, 0.1) is 6.20 Å². The van der Waals surface area contributed by atoms with Crippen molar-refractivity contribution in [1.29, 1.82) is 0 Å². The second-order valence-corrected chi connectivity index (χ2v) is 4.01. The first-order chi connectivity index (χ1) is 9.56. The predicted octanol–water partition coefficient (Wildman–Crippen LogP) is 1.73. The summed E-state index contributed by atoms with van der Waals surface area (Å²) in [7, 11) is 0. The number of hydrogen-bond donors (Lipinski definition) is 2. The zero-order valence-electron chi connectivity index (χ0n) is 10.7. The van der Waals surface area contributed by atoms with Gasteiger partial charge in [0.2, 0.25) is 17.7 Å². The molecule has 7 heteroatoms. The number of nitrogens with zero attached hydrogens (tertiary/aromatic N) is 2. The summed E-state index contributed by atoms with van der Waals surface area (Å²) in [6, 6.07) is 9.14. The minimum Gasteiger partial charge on any atom is -0.492 e. The van der Waals surface area contributed by atoms with Crippen LogP contribution in [0.15, 0.2) is 36.5 Å². The molecule has 1 aromatic heterocycles. The third-order valence-electron chi connectivity index (χ3n) is 2.38. The first-order valence-electron chi connectivity index (χ1n) is 5.83. The molecule has 2 rings (SSSR count). The van der Waals surface area contributed by atoms with E-state index in [0.29, 0.717) is 0 Å². The Morgan fingerprint density at radius 3 is 2.70 bits per heavy atom. The van der Waals surface area contributed by atoms with Crippen LogP contribution in [0.1, 0.15) is 12.5 Å². The standard InChI is InChI=1S/C13H13N3O4/c1-9(17)14-12-15-11(18)7-16(12)13(19)20-8-10-5-3-2-4-6-10/h2-7,18H,8H2,1H3,(H,14,15,17). The van der Waals surface area contributed by atoms with Crippen LogP contribution in [0.2, 0.25) is 0 Å². The number of ether oxygens (including phenoxy) is 1. The average molecular weight is 275 g/mol. The summed E-state index contributed by atoms with van der Waals surface area (Å²) in [5.74, 6) is -0.883. The fourth-order valence-electron chi connectivity index (χ4n) is 1.54. The molecule has 0 bridgehead atoms. The van der Waals surface area contributed by atoms with Crippen molar-refractivity contribution in [3.63, 3.8) is 0 Å². The summed E-state index contributed by atoms with van der Waals surface area (Å²) < 4.78 is 6.00. The molecule has 20 heavy (non-hydrogen) atoms. The second-order valence-electron chi connectivity index (χ2n) is 4.01. The van der Waals surface area contributed by atoms with Crippen molar-refractivity contribution >= 4 is 17.9 Å². The highest BCUT2D eigenvalue weighted by atomic mass is 16.5. The van der Waals surface area contributed by atoms with Gasteiger partial charge in [-0.05, 0) is 5.56 Å². The van der Waals surface area contributed by atoms with Crippen LogP contribution in [0.25, 0.3) is 0 Å². The van der Waals surface area contributed by atoms with E-state index in [4.69, 9.17) is 4.74 Å². The molecular formula is C13H13N3O4. The van der Waals surface area contributed by atoms with E-state index in [1.807, 2.05) is 30.3 Å². The van der Waals surface area contributed by atoms with Gasteiger partial charge in [-0.25, -0.2) is 9.36 Å². The molecule has 0 saturated carbocycles. The van der Waals surface area contributed by atoms with Crippen molar-refractivity contribution < 1.29 is 19.4 Å². The summed E-state index contributed by atoms with van der Waals surface area (Å²) in [5, 5.41) is 11.6. The Labute approximate surface area is 114 Å². The third kappa shape index (κ3) is 3.35. The quantitative estimate of drug-likeness (QED) is 0.889. The van der Waals surface area contributed by atoms with Gasteiger partial charge in [0.15, 0.2) is 0 Å². The maximum absolute atomic E-state index is 11.9. The Hall–Kier alpha value is -2.83. The molecule has 104 valence electrons. The molecule has 0 aliphatic rings. The van der Waals surface area contributed by atoms with Crippen LogP contribution < -0.4 is 5.32 Å². The first-order valence-corrected chi connectivity index (χ1v) is 5.83. The third-order valence-corrected chi connectivity index (χ3v) is 2.38. The largest absolute Gasteiger partial charge is 0.492 e. The lowest BCUT2D eigenvalue weighted by Gasteiger charge is -2.07. The molecule has 0 fully saturated rings. The van der Waals surface area contributed by atoms with Crippen LogP contribution in [-0.4, -0.2) is 26.7 Å². The van der Waals surface area contributed by atoms with Gasteiger partial charge in [-0.3, -0.25) is 10.1 Å². The monoisotopic (exact) mass is 275 g/mol. The van der Waals surface area contributed by atoms with Crippen LogP contribution in [0.4, 0.5) is 10.7 Å². The van der Waals surface area contributed by atoms with Gasteiger partial charge in [0, 0.05) is 6.92 Å². The predicted molar refractivity (Wildman–Crippen MR) is 70.2 cm³/mol. The fraction of sp³-hybridized carbons (Fsp3) is 0.154. The molecule has 2 aromatic rings. The number of carbonyl (C=O) groups is 2. The van der Waals surface area contributed by atoms with Gasteiger partial charge in [0.1, 0.15) is 6.61 Å². The van der Waals surface area contributed by atoms with E-state index >= 15 is 0 Å². The van der Waals surface area contributed by atoms with E-state index < -0.39 is 12.0 Å². The lowest BCUT2D eigenvalue weighted by Crippen LogP contribution is -2.18. The number of amides is 1. The highest BCUT2D eigenvalue weighted by Crippen LogP contribution is 2.15. The number of rotatable bonds is 3. The number of benzene rings is 1. The van der Waals surface area contributed by atoms with E-state index in [9.17, 15) is 14.7 Å². The minimum atomic E-state index is -0.745. The summed E-state index contributed by atoms with van der Waals surface area (Å²) in [6.07, 6.45) is 0.323. The van der Waals surface area contributed by atoms with E-state index in [-0.39, 0.29) is 18.4 Å². The summed E-state index contributed by atoms with van der Waals surface area (Å²) in [5.41, 5.74) is 0.825. The van der Waals surface area contributed by atoms with Gasteiger partial charge < -0.3 is 9.84 Å². The van der Waals surface area contributed by atoms with Gasteiger partial charge in [-0.2, -0.15) is 4.98 Å². The molecule has 7 nitrogen and oxygen atoms in total. The van der Waals surface area contributed by atoms with Crippen molar-refractivity contribution in [2.24, 2.45) is 0 Å². The maximum atomic E-state index is 11.9. The van der Waals surface area contributed by atoms with Crippen molar-refractivity contribution in [2.75, 3.05) is 5.32 Å². The molecule has 1 aromatic carbocycles. The smallest absolute Gasteiger partial charge is 0.421 e. The highest BCUT2D eigenvalue weighted by Gasteiger charge is 2.16. The Kier molecular flexibility index (Phi) is 3.99. The zero-order valence-corrected chi connectivity index (χ0v) is 10.7. The Morgan fingerprint density at radius 1 is 1.35 bits per heavy atom. The maximum Gasteiger partial charge on any atom is 0.421 e. The Morgan fingerprint density at radius 2 is 2.05 bits per heavy atom. The number of aromatic hydroxyl groups is 1. The molecule has 0 radical (unpaired) electrons. The molecular weight excluding hydrogens is 262 g/mol. The lowest BCUT2D eigenvalue weighted by atomic mass is 10.2. The van der Waals surface area contributed by atoms with Crippen LogP contribution in [-0.2, 0) is 16.1 Å². The number of anilines is 1. The van der Waals surface area contributed by atoms with E-state index in [1.165, 1.54) is 6.92 Å². The molecule has 0 aliphatic heterocycles. The van der Waals surface area contributed by atoms with E-state index in [1.54, 1.807) is 0 Å². The number of carbonyl (C=O) groups excluding carboxylic acids is 2. The van der Waals surface area contributed by atoms with Crippen molar-refractivity contribution in [1.82, 2.24) is 9.55 Å². The number of hydrogen-bond acceptors (Lipinski definition) is 5. The fourth-order valence-corrected chi connectivity index (χ4v) is 1.54. The topological polar surface area (TPSA) is 93.5 Å².